The van der Waals surface area contributed by atoms with E-state index in [9.17, 15) is 9.90 Å². The Kier molecular flexibility index (Phi) is 5.78. The number of hydrogen-bond donors (Lipinski definition) is 2. The molecule has 1 aromatic carbocycles. The van der Waals surface area contributed by atoms with Gasteiger partial charge < -0.3 is 10.4 Å². The summed E-state index contributed by atoms with van der Waals surface area (Å²) >= 11 is 9.22. The van der Waals surface area contributed by atoms with E-state index in [4.69, 9.17) is 11.6 Å². The normalized spacial score (nSPS) is 12.2. The summed E-state index contributed by atoms with van der Waals surface area (Å²) in [5.41, 5.74) is 0.448. The first-order valence-corrected chi connectivity index (χ1v) is 6.74. The molecule has 1 rings (SSSR count). The minimum absolute atomic E-state index is 0.0208. The average molecular weight is 321 g/mol. The van der Waals surface area contributed by atoms with Gasteiger partial charge in [0.1, 0.15) is 5.75 Å². The summed E-state index contributed by atoms with van der Waals surface area (Å²) in [7, 11) is 0. The van der Waals surface area contributed by atoms with Gasteiger partial charge in [0.25, 0.3) is 5.91 Å². The van der Waals surface area contributed by atoms with Crippen molar-refractivity contribution in [2.24, 2.45) is 0 Å². The Morgan fingerprint density at radius 1 is 1.59 bits per heavy atom. The van der Waals surface area contributed by atoms with Gasteiger partial charge in [-0.25, -0.2) is 0 Å². The number of phenols is 1. The van der Waals surface area contributed by atoms with Crippen LogP contribution in [0.15, 0.2) is 18.2 Å². The highest BCUT2D eigenvalue weighted by molar-refractivity contribution is 9.09. The van der Waals surface area contributed by atoms with E-state index in [1.165, 1.54) is 12.1 Å². The van der Waals surface area contributed by atoms with E-state index in [-0.39, 0.29) is 21.5 Å². The van der Waals surface area contributed by atoms with Crippen molar-refractivity contribution in [2.45, 2.75) is 24.6 Å². The van der Waals surface area contributed by atoms with Crippen LogP contribution in [-0.4, -0.2) is 22.4 Å². The number of benzene rings is 1. The lowest BCUT2D eigenvalue weighted by Crippen LogP contribution is -2.29. The number of carbonyl (C=O) groups is 1. The fourth-order valence-corrected chi connectivity index (χ4v) is 2.17. The molecule has 0 spiro atoms. The molecule has 94 valence electrons. The zero-order valence-electron chi connectivity index (χ0n) is 9.54. The molecule has 0 aliphatic rings. The summed E-state index contributed by atoms with van der Waals surface area (Å²) in [6, 6.07) is 4.41. The molecule has 0 aliphatic heterocycles. The average Bonchev–Trinajstić information content (AvgIpc) is 2.30. The molecule has 5 heteroatoms. The second kappa shape index (κ2) is 6.87. The van der Waals surface area contributed by atoms with Crippen molar-refractivity contribution in [3.8, 4) is 5.75 Å². The van der Waals surface area contributed by atoms with Crippen molar-refractivity contribution in [3.63, 3.8) is 0 Å². The molecule has 1 amide bonds. The van der Waals surface area contributed by atoms with Crippen molar-refractivity contribution in [2.75, 3.05) is 6.54 Å². The first-order chi connectivity index (χ1) is 8.04. The first-order valence-electron chi connectivity index (χ1n) is 5.45. The van der Waals surface area contributed by atoms with Crippen LogP contribution in [0.3, 0.4) is 0 Å². The SMILES string of the molecule is CCCC(Br)CNC(=O)c1ccc(O)c(Cl)c1. The molecule has 0 saturated carbocycles. The number of phenolic OH excluding ortho intramolecular Hbond substituents is 1. The van der Waals surface area contributed by atoms with Crippen molar-refractivity contribution in [1.82, 2.24) is 5.32 Å². The van der Waals surface area contributed by atoms with E-state index in [1.54, 1.807) is 6.07 Å². The Morgan fingerprint density at radius 3 is 2.88 bits per heavy atom. The molecule has 2 N–H and O–H groups in total. The second-order valence-electron chi connectivity index (χ2n) is 3.76. The van der Waals surface area contributed by atoms with Crippen LogP contribution in [0.2, 0.25) is 5.02 Å². The minimum atomic E-state index is -0.188. The number of alkyl halides is 1. The molecule has 0 aromatic heterocycles. The molecule has 0 fully saturated rings. The molecule has 3 nitrogen and oxygen atoms in total. The Balaban J connectivity index is 2.55. The van der Waals surface area contributed by atoms with Gasteiger partial charge in [-0.1, -0.05) is 40.9 Å². The first kappa shape index (κ1) is 14.3. The van der Waals surface area contributed by atoms with Crippen LogP contribution in [0.1, 0.15) is 30.1 Å². The van der Waals surface area contributed by atoms with Crippen LogP contribution in [0.25, 0.3) is 0 Å². The predicted molar refractivity (Wildman–Crippen MR) is 73.1 cm³/mol. The number of hydrogen-bond acceptors (Lipinski definition) is 2. The number of halogens is 2. The third-order valence-electron chi connectivity index (χ3n) is 2.30. The fraction of sp³-hybridized carbons (Fsp3) is 0.417. The van der Waals surface area contributed by atoms with Gasteiger partial charge in [-0.3, -0.25) is 4.79 Å². The van der Waals surface area contributed by atoms with Crippen molar-refractivity contribution in [3.05, 3.63) is 28.8 Å². The Bertz CT molecular complexity index is 398. The van der Waals surface area contributed by atoms with Gasteiger partial charge in [0.15, 0.2) is 0 Å². The summed E-state index contributed by atoms with van der Waals surface area (Å²) in [4.78, 5) is 12.0. The summed E-state index contributed by atoms with van der Waals surface area (Å²) in [6.45, 7) is 2.67. The number of nitrogens with one attached hydrogen (secondary N) is 1. The second-order valence-corrected chi connectivity index (χ2v) is 5.46. The highest BCUT2D eigenvalue weighted by atomic mass is 79.9. The maximum absolute atomic E-state index is 11.7. The smallest absolute Gasteiger partial charge is 0.251 e. The largest absolute Gasteiger partial charge is 0.506 e. The zero-order chi connectivity index (χ0) is 12.8. The van der Waals surface area contributed by atoms with Gasteiger partial charge in [-0.2, -0.15) is 0 Å². The van der Waals surface area contributed by atoms with Gasteiger partial charge in [0, 0.05) is 16.9 Å². The van der Waals surface area contributed by atoms with Crippen molar-refractivity contribution in [1.29, 1.82) is 0 Å². The van der Waals surface area contributed by atoms with E-state index in [1.807, 2.05) is 0 Å². The molecule has 0 saturated heterocycles. The maximum Gasteiger partial charge on any atom is 0.251 e. The van der Waals surface area contributed by atoms with E-state index in [2.05, 4.69) is 28.2 Å². The standard InChI is InChI=1S/C12H15BrClNO2/c1-2-3-9(13)7-15-12(17)8-4-5-11(16)10(14)6-8/h4-6,9,16H,2-3,7H2,1H3,(H,15,17). The number of amides is 1. The summed E-state index contributed by atoms with van der Waals surface area (Å²) in [5.74, 6) is -0.208. The van der Waals surface area contributed by atoms with Gasteiger partial charge in [-0.15, -0.1) is 0 Å². The molecule has 1 unspecified atom stereocenters. The van der Waals surface area contributed by atoms with E-state index < -0.39 is 0 Å². The van der Waals surface area contributed by atoms with E-state index in [0.717, 1.165) is 12.8 Å². The molecule has 0 radical (unpaired) electrons. The highest BCUT2D eigenvalue weighted by Gasteiger charge is 2.10. The number of rotatable bonds is 5. The van der Waals surface area contributed by atoms with Crippen molar-refractivity contribution < 1.29 is 9.90 Å². The summed E-state index contributed by atoms with van der Waals surface area (Å²) < 4.78 is 0. The fourth-order valence-electron chi connectivity index (χ4n) is 1.37. The molecule has 0 heterocycles. The van der Waals surface area contributed by atoms with Crippen LogP contribution in [0.5, 0.6) is 5.75 Å². The lowest BCUT2D eigenvalue weighted by atomic mass is 10.2. The van der Waals surface area contributed by atoms with Crippen LogP contribution < -0.4 is 5.32 Å². The minimum Gasteiger partial charge on any atom is -0.506 e. The molecule has 1 aromatic rings. The molecular weight excluding hydrogens is 305 g/mol. The zero-order valence-corrected chi connectivity index (χ0v) is 11.9. The third-order valence-corrected chi connectivity index (χ3v) is 3.38. The lowest BCUT2D eigenvalue weighted by Gasteiger charge is -2.10. The van der Waals surface area contributed by atoms with Crippen LogP contribution in [0, 0.1) is 0 Å². The maximum atomic E-state index is 11.7. The van der Waals surface area contributed by atoms with Crippen LogP contribution in [-0.2, 0) is 0 Å². The van der Waals surface area contributed by atoms with Gasteiger partial charge in [0.2, 0.25) is 0 Å². The monoisotopic (exact) mass is 319 g/mol. The topological polar surface area (TPSA) is 49.3 Å². The molecule has 17 heavy (non-hydrogen) atoms. The van der Waals surface area contributed by atoms with E-state index in [0.29, 0.717) is 12.1 Å². The van der Waals surface area contributed by atoms with Gasteiger partial charge in [-0.05, 0) is 24.6 Å². The molecule has 1 atom stereocenters. The highest BCUT2D eigenvalue weighted by Crippen LogP contribution is 2.23. The lowest BCUT2D eigenvalue weighted by molar-refractivity contribution is 0.0953. The molecule has 0 bridgehead atoms. The Hall–Kier alpha value is -0.740. The Morgan fingerprint density at radius 2 is 2.29 bits per heavy atom. The molecule has 0 aliphatic carbocycles. The summed E-state index contributed by atoms with van der Waals surface area (Å²) in [5, 5.41) is 12.2. The van der Waals surface area contributed by atoms with E-state index >= 15 is 0 Å². The van der Waals surface area contributed by atoms with Crippen LogP contribution in [0.4, 0.5) is 0 Å². The van der Waals surface area contributed by atoms with Gasteiger partial charge in [0.05, 0.1) is 5.02 Å². The van der Waals surface area contributed by atoms with Crippen LogP contribution >= 0.6 is 27.5 Å². The Labute approximate surface area is 114 Å². The van der Waals surface area contributed by atoms with Gasteiger partial charge >= 0.3 is 0 Å². The predicted octanol–water partition coefficient (Wildman–Crippen LogP) is 3.34. The summed E-state index contributed by atoms with van der Waals surface area (Å²) in [6.07, 6.45) is 2.08. The molecular formula is C12H15BrClNO2. The third kappa shape index (κ3) is 4.56. The van der Waals surface area contributed by atoms with Crippen molar-refractivity contribution >= 4 is 33.4 Å². The number of aromatic hydroxyl groups is 1. The quantitative estimate of drug-likeness (QED) is 0.818. The number of carbonyl (C=O) groups excluding carboxylic acids is 1.